The summed E-state index contributed by atoms with van der Waals surface area (Å²) in [5, 5.41) is 11.8. The van der Waals surface area contributed by atoms with Gasteiger partial charge in [0, 0.05) is 0 Å². The molecule has 25 heavy (non-hydrogen) atoms. The second kappa shape index (κ2) is 14.7. The fourth-order valence-electron chi connectivity index (χ4n) is 2.56. The van der Waals surface area contributed by atoms with Gasteiger partial charge >= 0.3 is 0 Å². The summed E-state index contributed by atoms with van der Waals surface area (Å²) in [6.45, 7) is 12.9. The summed E-state index contributed by atoms with van der Waals surface area (Å²) in [4.78, 5) is 0. The van der Waals surface area contributed by atoms with Crippen molar-refractivity contribution in [2.24, 2.45) is 5.16 Å². The Morgan fingerprint density at radius 1 is 0.600 bits per heavy atom. The Hall–Kier alpha value is -1.57. The molecule has 0 rings (SSSR count). The topological polar surface area (TPSA) is 32.6 Å². The molecule has 0 saturated carbocycles. The van der Waals surface area contributed by atoms with Crippen molar-refractivity contribution in [2.45, 2.75) is 92.9 Å². The van der Waals surface area contributed by atoms with E-state index in [-0.39, 0.29) is 0 Å². The lowest BCUT2D eigenvalue weighted by Gasteiger charge is -2.03. The average Bonchev–Trinajstić information content (AvgIpc) is 2.54. The number of hydrogen-bond donors (Lipinski definition) is 1. The monoisotopic (exact) mass is 345 g/mol. The molecule has 0 atom stereocenters. The Balaban J connectivity index is 4.01. The van der Waals surface area contributed by atoms with E-state index in [1.165, 1.54) is 28.7 Å². The van der Waals surface area contributed by atoms with Gasteiger partial charge in [0.2, 0.25) is 0 Å². The van der Waals surface area contributed by atoms with Gasteiger partial charge in [-0.2, -0.15) is 0 Å². The van der Waals surface area contributed by atoms with Gasteiger partial charge in [0.15, 0.2) is 0 Å². The van der Waals surface area contributed by atoms with Crippen molar-refractivity contribution in [3.05, 3.63) is 46.6 Å². The molecule has 0 aliphatic rings. The summed E-state index contributed by atoms with van der Waals surface area (Å²) in [6.07, 6.45) is 18.0. The molecule has 0 amide bonds. The lowest BCUT2D eigenvalue weighted by molar-refractivity contribution is 0.317. The molecule has 0 aliphatic heterocycles. The van der Waals surface area contributed by atoms with Crippen molar-refractivity contribution in [2.75, 3.05) is 0 Å². The van der Waals surface area contributed by atoms with Crippen LogP contribution in [0.4, 0.5) is 0 Å². The zero-order valence-corrected chi connectivity index (χ0v) is 17.4. The summed E-state index contributed by atoms with van der Waals surface area (Å²) in [5.41, 5.74) is 6.62. The summed E-state index contributed by atoms with van der Waals surface area (Å²) < 4.78 is 0. The van der Waals surface area contributed by atoms with Gasteiger partial charge in [-0.25, -0.2) is 0 Å². The van der Waals surface area contributed by atoms with Crippen molar-refractivity contribution < 1.29 is 5.21 Å². The Morgan fingerprint density at radius 3 is 1.32 bits per heavy atom. The second-order valence-corrected chi connectivity index (χ2v) is 7.42. The molecule has 0 spiro atoms. The predicted molar refractivity (Wildman–Crippen MR) is 113 cm³/mol. The first-order valence-corrected chi connectivity index (χ1v) is 9.63. The molecule has 2 nitrogen and oxygen atoms in total. The largest absolute Gasteiger partial charge is 0.411 e. The molecule has 0 radical (unpaired) electrons. The molecule has 0 bridgehead atoms. The second-order valence-electron chi connectivity index (χ2n) is 7.42. The first kappa shape index (κ1) is 23.4. The summed E-state index contributed by atoms with van der Waals surface area (Å²) >= 11 is 0. The molecule has 0 heterocycles. The Morgan fingerprint density at radius 2 is 0.960 bits per heavy atom. The molecule has 0 unspecified atom stereocenters. The van der Waals surface area contributed by atoms with Crippen molar-refractivity contribution in [3.63, 3.8) is 0 Å². The molecule has 0 saturated heterocycles. The van der Waals surface area contributed by atoms with Gasteiger partial charge in [-0.3, -0.25) is 0 Å². The molecule has 0 aromatic heterocycles. The average molecular weight is 346 g/mol. The van der Waals surface area contributed by atoms with Crippen molar-refractivity contribution in [1.29, 1.82) is 0 Å². The Bertz CT molecular complexity index is 514. The van der Waals surface area contributed by atoms with Crippen LogP contribution in [0.5, 0.6) is 0 Å². The third-order valence-corrected chi connectivity index (χ3v) is 4.32. The number of nitrogens with zero attached hydrogens (tertiary/aromatic N) is 1. The molecular weight excluding hydrogens is 306 g/mol. The molecule has 1 N–H and O–H groups in total. The van der Waals surface area contributed by atoms with Crippen LogP contribution in [0.25, 0.3) is 0 Å². The molecule has 0 aliphatic carbocycles. The lowest BCUT2D eigenvalue weighted by Crippen LogP contribution is -1.89. The Labute approximate surface area is 156 Å². The van der Waals surface area contributed by atoms with Crippen LogP contribution in [0.2, 0.25) is 0 Å². The number of oxime groups is 1. The van der Waals surface area contributed by atoms with Crippen LogP contribution in [-0.2, 0) is 0 Å². The van der Waals surface area contributed by atoms with Crippen LogP contribution in [0.1, 0.15) is 92.9 Å². The maximum absolute atomic E-state index is 8.62. The maximum atomic E-state index is 8.62. The van der Waals surface area contributed by atoms with Gasteiger partial charge in [-0.1, -0.05) is 51.8 Å². The molecule has 2 heteroatoms. The van der Waals surface area contributed by atoms with E-state index < -0.39 is 0 Å². The van der Waals surface area contributed by atoms with Crippen LogP contribution >= 0.6 is 0 Å². The molecule has 0 aromatic rings. The van der Waals surface area contributed by atoms with Crippen LogP contribution in [-0.4, -0.2) is 10.9 Å². The first-order valence-electron chi connectivity index (χ1n) is 9.63. The molecule has 0 aromatic carbocycles. The quantitative estimate of drug-likeness (QED) is 0.167. The summed E-state index contributed by atoms with van der Waals surface area (Å²) in [7, 11) is 0. The van der Waals surface area contributed by atoms with Gasteiger partial charge in [-0.15, -0.1) is 0 Å². The van der Waals surface area contributed by atoms with Crippen LogP contribution in [0, 0.1) is 0 Å². The highest BCUT2D eigenvalue weighted by Gasteiger charge is 1.94. The van der Waals surface area contributed by atoms with E-state index in [9.17, 15) is 0 Å². The van der Waals surface area contributed by atoms with Gasteiger partial charge < -0.3 is 5.21 Å². The molecule has 142 valence electrons. The van der Waals surface area contributed by atoms with E-state index >= 15 is 0 Å². The fraction of sp³-hybridized carbons (Fsp3) is 0.609. The van der Waals surface area contributed by atoms with Gasteiger partial charge in [0.05, 0.1) is 5.71 Å². The fourth-order valence-corrected chi connectivity index (χ4v) is 2.56. The number of rotatable bonds is 12. The number of hydrogen-bond acceptors (Lipinski definition) is 2. The minimum Gasteiger partial charge on any atom is -0.411 e. The highest BCUT2D eigenvalue weighted by atomic mass is 16.4. The first-order chi connectivity index (χ1) is 11.8. The van der Waals surface area contributed by atoms with E-state index in [1.54, 1.807) is 0 Å². The van der Waals surface area contributed by atoms with E-state index in [1.807, 2.05) is 6.92 Å². The smallest absolute Gasteiger partial charge is 0.0543 e. The molecule has 0 fully saturated rings. The Kier molecular flexibility index (Phi) is 13.8. The highest BCUT2D eigenvalue weighted by molar-refractivity contribution is 5.81. The van der Waals surface area contributed by atoms with E-state index in [2.05, 4.69) is 64.1 Å². The third-order valence-electron chi connectivity index (χ3n) is 4.32. The number of allylic oxidation sites excluding steroid dienone is 8. The van der Waals surface area contributed by atoms with Crippen molar-refractivity contribution in [3.8, 4) is 0 Å². The highest BCUT2D eigenvalue weighted by Crippen LogP contribution is 2.14. The minimum absolute atomic E-state index is 0.795. The third kappa shape index (κ3) is 15.7. The van der Waals surface area contributed by atoms with E-state index in [0.717, 1.165) is 50.7 Å². The van der Waals surface area contributed by atoms with Gasteiger partial charge in [0.1, 0.15) is 0 Å². The summed E-state index contributed by atoms with van der Waals surface area (Å²) in [5.74, 6) is 0. The van der Waals surface area contributed by atoms with Crippen LogP contribution in [0.15, 0.2) is 51.8 Å². The van der Waals surface area contributed by atoms with Gasteiger partial charge in [0.25, 0.3) is 0 Å². The van der Waals surface area contributed by atoms with Crippen molar-refractivity contribution >= 4 is 5.71 Å². The van der Waals surface area contributed by atoms with E-state index in [4.69, 9.17) is 5.21 Å². The van der Waals surface area contributed by atoms with Crippen LogP contribution in [0.3, 0.4) is 0 Å². The van der Waals surface area contributed by atoms with Gasteiger partial charge in [-0.05, 0) is 92.9 Å². The maximum Gasteiger partial charge on any atom is 0.0543 e. The van der Waals surface area contributed by atoms with Crippen LogP contribution < -0.4 is 0 Å². The SMILES string of the molecule is CC(C)=CCC/C(C)=C/CC/C(C)=C/CC/C(C)=C/CCC(C)=NO. The standard InChI is InChI=1S/C23H39NO/c1-19(2)11-7-12-20(3)13-8-14-21(4)15-9-16-22(5)17-10-18-23(6)24-25/h11,13,15,17,25H,7-10,12,14,16,18H2,1-6H3/b20-13+,21-15+,22-17+,24-23?. The van der Waals surface area contributed by atoms with E-state index in [0.29, 0.717) is 0 Å². The zero-order valence-electron chi connectivity index (χ0n) is 17.4. The zero-order chi connectivity index (χ0) is 19.1. The minimum atomic E-state index is 0.795. The molecular formula is C23H39NO. The van der Waals surface area contributed by atoms with Crippen molar-refractivity contribution in [1.82, 2.24) is 0 Å². The lowest BCUT2D eigenvalue weighted by atomic mass is 10.0. The summed E-state index contributed by atoms with van der Waals surface area (Å²) in [6, 6.07) is 0. The normalized spacial score (nSPS) is 14.0. The predicted octanol–water partition coefficient (Wildman–Crippen LogP) is 7.76.